The fourth-order valence-electron chi connectivity index (χ4n) is 2.43. The minimum atomic E-state index is -0.592. The molecule has 0 saturated heterocycles. The molecule has 0 aliphatic heterocycles. The van der Waals surface area contributed by atoms with E-state index in [0.717, 1.165) is 31.4 Å². The zero-order chi connectivity index (χ0) is 17.8. The Hall–Kier alpha value is -1.43. The number of carbonyl (C=O) groups is 1. The van der Waals surface area contributed by atoms with Gasteiger partial charge in [-0.25, -0.2) is 0 Å². The van der Waals surface area contributed by atoms with Crippen molar-refractivity contribution in [3.63, 3.8) is 0 Å². The number of ketones is 1. The molecule has 1 rings (SSSR count). The van der Waals surface area contributed by atoms with Crippen molar-refractivity contribution >= 4 is 5.78 Å². The van der Waals surface area contributed by atoms with Gasteiger partial charge in [-0.05, 0) is 44.0 Å². The molecule has 5 heteroatoms. The van der Waals surface area contributed by atoms with Crippen LogP contribution in [0.5, 0.6) is 5.75 Å². The van der Waals surface area contributed by atoms with Crippen LogP contribution in [0.15, 0.2) is 24.3 Å². The van der Waals surface area contributed by atoms with Gasteiger partial charge in [-0.2, -0.15) is 0 Å². The standard InChI is InChI=1S/C19H31NO4/c1-3-4-11-20(12-13-21)14-18(23)15-24-19-9-7-17(8-10-19)6-5-16(2)22/h7-10,18,21,23H,3-6,11-15H2,1-2H3. The topological polar surface area (TPSA) is 70.0 Å². The minimum Gasteiger partial charge on any atom is -0.491 e. The summed E-state index contributed by atoms with van der Waals surface area (Å²) in [4.78, 5) is 13.0. The summed E-state index contributed by atoms with van der Waals surface area (Å²) in [6, 6.07) is 7.63. The number of ether oxygens (including phenoxy) is 1. The van der Waals surface area contributed by atoms with E-state index in [1.807, 2.05) is 24.3 Å². The molecule has 0 spiro atoms. The van der Waals surface area contributed by atoms with Gasteiger partial charge in [-0.15, -0.1) is 0 Å². The van der Waals surface area contributed by atoms with E-state index < -0.39 is 6.10 Å². The number of Topliss-reactive ketones (excluding diaryl/α,β-unsaturated/α-hetero) is 1. The van der Waals surface area contributed by atoms with E-state index in [2.05, 4.69) is 11.8 Å². The number of nitrogens with zero attached hydrogens (tertiary/aromatic N) is 1. The highest BCUT2D eigenvalue weighted by Crippen LogP contribution is 2.14. The van der Waals surface area contributed by atoms with Crippen LogP contribution in [0.2, 0.25) is 0 Å². The molecule has 2 N–H and O–H groups in total. The van der Waals surface area contributed by atoms with E-state index in [9.17, 15) is 9.90 Å². The summed E-state index contributed by atoms with van der Waals surface area (Å²) in [5, 5.41) is 19.2. The predicted molar refractivity (Wildman–Crippen MR) is 95.4 cm³/mol. The molecule has 0 heterocycles. The average Bonchev–Trinajstić information content (AvgIpc) is 2.57. The van der Waals surface area contributed by atoms with Crippen LogP contribution in [0.3, 0.4) is 0 Å². The van der Waals surface area contributed by atoms with Crippen LogP contribution in [-0.4, -0.2) is 59.8 Å². The van der Waals surface area contributed by atoms with Gasteiger partial charge in [-0.3, -0.25) is 4.90 Å². The first-order valence-corrected chi connectivity index (χ1v) is 8.77. The molecule has 0 bridgehead atoms. The summed E-state index contributed by atoms with van der Waals surface area (Å²) in [6.45, 7) is 5.98. The van der Waals surface area contributed by atoms with Gasteiger partial charge in [0.05, 0.1) is 6.61 Å². The number of benzene rings is 1. The second kappa shape index (κ2) is 12.0. The third kappa shape index (κ3) is 9.01. The smallest absolute Gasteiger partial charge is 0.130 e. The number of aliphatic hydroxyl groups excluding tert-OH is 2. The Bertz CT molecular complexity index is 461. The van der Waals surface area contributed by atoms with E-state index in [1.165, 1.54) is 0 Å². The summed E-state index contributed by atoms with van der Waals surface area (Å²) in [6.07, 6.45) is 2.84. The Kier molecular flexibility index (Phi) is 10.3. The highest BCUT2D eigenvalue weighted by atomic mass is 16.5. The number of unbranched alkanes of at least 4 members (excludes halogenated alkanes) is 1. The number of hydrogen-bond donors (Lipinski definition) is 2. The van der Waals surface area contributed by atoms with E-state index >= 15 is 0 Å². The summed E-state index contributed by atoms with van der Waals surface area (Å²) in [5.74, 6) is 0.900. The number of carbonyl (C=O) groups excluding carboxylic acids is 1. The molecule has 1 unspecified atom stereocenters. The monoisotopic (exact) mass is 337 g/mol. The van der Waals surface area contributed by atoms with E-state index in [1.54, 1.807) is 6.92 Å². The molecular weight excluding hydrogens is 306 g/mol. The number of hydrogen-bond acceptors (Lipinski definition) is 5. The van der Waals surface area contributed by atoms with Crippen LogP contribution >= 0.6 is 0 Å². The SMILES string of the molecule is CCCCN(CCO)CC(O)COc1ccc(CCC(C)=O)cc1. The van der Waals surface area contributed by atoms with Gasteiger partial charge in [0.15, 0.2) is 0 Å². The minimum absolute atomic E-state index is 0.0962. The largest absolute Gasteiger partial charge is 0.491 e. The molecule has 136 valence electrons. The van der Waals surface area contributed by atoms with E-state index in [4.69, 9.17) is 9.84 Å². The summed E-state index contributed by atoms with van der Waals surface area (Å²) in [5.41, 5.74) is 1.10. The van der Waals surface area contributed by atoms with Crippen molar-refractivity contribution in [1.82, 2.24) is 4.90 Å². The van der Waals surface area contributed by atoms with Crippen molar-refractivity contribution in [2.45, 2.75) is 45.6 Å². The maximum atomic E-state index is 11.0. The normalized spacial score (nSPS) is 12.4. The van der Waals surface area contributed by atoms with Gasteiger partial charge in [0.2, 0.25) is 0 Å². The fourth-order valence-corrected chi connectivity index (χ4v) is 2.43. The number of aryl methyl sites for hydroxylation is 1. The van der Waals surface area contributed by atoms with Crippen molar-refractivity contribution in [3.8, 4) is 5.75 Å². The molecule has 0 saturated carbocycles. The first-order valence-electron chi connectivity index (χ1n) is 8.77. The van der Waals surface area contributed by atoms with Crippen LogP contribution in [0, 0.1) is 0 Å². The summed E-state index contributed by atoms with van der Waals surface area (Å²) >= 11 is 0. The second-order valence-electron chi connectivity index (χ2n) is 6.19. The third-order valence-electron chi connectivity index (χ3n) is 3.84. The van der Waals surface area contributed by atoms with Crippen LogP contribution in [0.25, 0.3) is 0 Å². The molecule has 0 aliphatic rings. The maximum Gasteiger partial charge on any atom is 0.130 e. The van der Waals surface area contributed by atoms with E-state index in [0.29, 0.717) is 25.3 Å². The lowest BCUT2D eigenvalue weighted by molar-refractivity contribution is -0.116. The van der Waals surface area contributed by atoms with Crippen molar-refractivity contribution < 1.29 is 19.7 Å². The molecule has 24 heavy (non-hydrogen) atoms. The van der Waals surface area contributed by atoms with Crippen molar-refractivity contribution in [2.75, 3.05) is 32.8 Å². The first kappa shape index (κ1) is 20.6. The molecule has 5 nitrogen and oxygen atoms in total. The molecule has 0 aliphatic carbocycles. The zero-order valence-corrected chi connectivity index (χ0v) is 14.9. The number of rotatable bonds is 13. The van der Waals surface area contributed by atoms with Gasteiger partial charge < -0.3 is 19.7 Å². The van der Waals surface area contributed by atoms with Gasteiger partial charge in [0.1, 0.15) is 24.2 Å². The number of aliphatic hydroxyl groups is 2. The summed E-state index contributed by atoms with van der Waals surface area (Å²) in [7, 11) is 0. The van der Waals surface area contributed by atoms with Crippen molar-refractivity contribution in [2.24, 2.45) is 0 Å². The molecule has 0 fully saturated rings. The van der Waals surface area contributed by atoms with Crippen molar-refractivity contribution in [3.05, 3.63) is 29.8 Å². The Morgan fingerprint density at radius 1 is 1.25 bits per heavy atom. The van der Waals surface area contributed by atoms with Crippen LogP contribution in [0.1, 0.15) is 38.7 Å². The maximum absolute atomic E-state index is 11.0. The lowest BCUT2D eigenvalue weighted by atomic mass is 10.1. The fraction of sp³-hybridized carbons (Fsp3) is 0.632. The van der Waals surface area contributed by atoms with E-state index in [-0.39, 0.29) is 19.0 Å². The Morgan fingerprint density at radius 3 is 2.54 bits per heavy atom. The Labute approximate surface area is 145 Å². The zero-order valence-electron chi connectivity index (χ0n) is 14.9. The molecule has 0 radical (unpaired) electrons. The Morgan fingerprint density at radius 2 is 1.96 bits per heavy atom. The van der Waals surface area contributed by atoms with Crippen LogP contribution in [0.4, 0.5) is 0 Å². The molecule has 0 aromatic heterocycles. The summed E-state index contributed by atoms with van der Waals surface area (Å²) < 4.78 is 5.63. The Balaban J connectivity index is 2.36. The molecule has 0 amide bonds. The second-order valence-corrected chi connectivity index (χ2v) is 6.19. The quantitative estimate of drug-likeness (QED) is 0.576. The van der Waals surface area contributed by atoms with Gasteiger partial charge in [0.25, 0.3) is 0 Å². The predicted octanol–water partition coefficient (Wildman–Crippen LogP) is 2.04. The molecule has 1 atom stereocenters. The molecular formula is C19H31NO4. The highest BCUT2D eigenvalue weighted by Gasteiger charge is 2.12. The lowest BCUT2D eigenvalue weighted by Gasteiger charge is -2.24. The average molecular weight is 337 g/mol. The molecule has 1 aromatic carbocycles. The molecule has 1 aromatic rings. The van der Waals surface area contributed by atoms with Crippen LogP contribution in [-0.2, 0) is 11.2 Å². The van der Waals surface area contributed by atoms with Crippen molar-refractivity contribution in [1.29, 1.82) is 0 Å². The first-order chi connectivity index (χ1) is 11.5. The van der Waals surface area contributed by atoms with Gasteiger partial charge in [-0.1, -0.05) is 25.5 Å². The van der Waals surface area contributed by atoms with Crippen LogP contribution < -0.4 is 4.74 Å². The van der Waals surface area contributed by atoms with Gasteiger partial charge >= 0.3 is 0 Å². The van der Waals surface area contributed by atoms with Gasteiger partial charge in [0, 0.05) is 19.5 Å². The lowest BCUT2D eigenvalue weighted by Crippen LogP contribution is -2.37. The third-order valence-corrected chi connectivity index (χ3v) is 3.84. The highest BCUT2D eigenvalue weighted by molar-refractivity contribution is 5.75.